The van der Waals surface area contributed by atoms with Crippen molar-refractivity contribution in [3.8, 4) is 0 Å². The molecule has 0 atom stereocenters. The summed E-state index contributed by atoms with van der Waals surface area (Å²) in [5.41, 5.74) is 2.66. The highest BCUT2D eigenvalue weighted by Crippen LogP contribution is 2.18. The molecule has 1 aliphatic heterocycles. The Bertz CT molecular complexity index is 751. The minimum atomic E-state index is -0.0201. The largest absolute Gasteiger partial charge is 0.352 e. The average Bonchev–Trinajstić information content (AvgIpc) is 2.73. The van der Waals surface area contributed by atoms with Gasteiger partial charge in [-0.05, 0) is 55.0 Å². The average molecular weight is 365 g/mol. The van der Waals surface area contributed by atoms with Gasteiger partial charge >= 0.3 is 0 Å². The van der Waals surface area contributed by atoms with Gasteiger partial charge in [-0.2, -0.15) is 0 Å². The number of piperidine rings is 1. The second-order valence-electron chi connectivity index (χ2n) is 7.13. The standard InChI is InChI=1S/C22H27N3O2/c1-2-3-17-4-6-19(7-5-17)21(26)24-16-18-10-14-25(15-11-18)22(27)20-8-12-23-13-9-20/h4-9,12-13,18H,2-3,10-11,14-16H2,1H3,(H,24,26). The Kier molecular flexibility index (Phi) is 6.58. The van der Waals surface area contributed by atoms with Crippen LogP contribution in [-0.4, -0.2) is 41.3 Å². The van der Waals surface area contributed by atoms with Crippen molar-refractivity contribution in [2.45, 2.75) is 32.6 Å². The number of carbonyl (C=O) groups is 2. The molecule has 2 heterocycles. The van der Waals surface area contributed by atoms with Crippen molar-refractivity contribution in [1.82, 2.24) is 15.2 Å². The maximum atomic E-state index is 12.5. The van der Waals surface area contributed by atoms with Gasteiger partial charge in [-0.25, -0.2) is 0 Å². The van der Waals surface area contributed by atoms with Crippen LogP contribution >= 0.6 is 0 Å². The van der Waals surface area contributed by atoms with Crippen molar-refractivity contribution in [3.63, 3.8) is 0 Å². The van der Waals surface area contributed by atoms with E-state index in [-0.39, 0.29) is 11.8 Å². The minimum Gasteiger partial charge on any atom is -0.352 e. The molecular formula is C22H27N3O2. The van der Waals surface area contributed by atoms with Gasteiger partial charge in [0, 0.05) is 43.2 Å². The highest BCUT2D eigenvalue weighted by atomic mass is 16.2. The van der Waals surface area contributed by atoms with E-state index in [4.69, 9.17) is 0 Å². The molecule has 0 unspecified atom stereocenters. The third kappa shape index (κ3) is 5.16. The summed E-state index contributed by atoms with van der Waals surface area (Å²) in [5, 5.41) is 3.05. The van der Waals surface area contributed by atoms with Crippen LogP contribution in [0.4, 0.5) is 0 Å². The minimum absolute atomic E-state index is 0.0201. The molecule has 27 heavy (non-hydrogen) atoms. The third-order valence-corrected chi connectivity index (χ3v) is 5.14. The van der Waals surface area contributed by atoms with Gasteiger partial charge in [-0.1, -0.05) is 25.5 Å². The van der Waals surface area contributed by atoms with Crippen LogP contribution in [0.1, 0.15) is 52.5 Å². The fourth-order valence-electron chi connectivity index (χ4n) is 3.47. The number of hydrogen-bond donors (Lipinski definition) is 1. The molecule has 0 saturated carbocycles. The van der Waals surface area contributed by atoms with Crippen molar-refractivity contribution < 1.29 is 9.59 Å². The maximum Gasteiger partial charge on any atom is 0.253 e. The Morgan fingerprint density at radius 3 is 2.33 bits per heavy atom. The zero-order valence-corrected chi connectivity index (χ0v) is 15.9. The molecule has 5 heteroatoms. The van der Waals surface area contributed by atoms with Gasteiger partial charge in [-0.3, -0.25) is 14.6 Å². The van der Waals surface area contributed by atoms with Gasteiger partial charge in [0.05, 0.1) is 0 Å². The molecule has 0 radical (unpaired) electrons. The smallest absolute Gasteiger partial charge is 0.253 e. The summed E-state index contributed by atoms with van der Waals surface area (Å²) in [7, 11) is 0. The summed E-state index contributed by atoms with van der Waals surface area (Å²) in [5.74, 6) is 0.454. The molecule has 1 N–H and O–H groups in total. The molecule has 1 aromatic heterocycles. The van der Waals surface area contributed by atoms with Crippen LogP contribution in [0.3, 0.4) is 0 Å². The molecule has 2 aromatic rings. The molecule has 0 bridgehead atoms. The molecule has 0 spiro atoms. The van der Waals surface area contributed by atoms with E-state index in [0.29, 0.717) is 23.6 Å². The highest BCUT2D eigenvalue weighted by Gasteiger charge is 2.24. The number of carbonyl (C=O) groups excluding carboxylic acids is 2. The van der Waals surface area contributed by atoms with Crippen LogP contribution in [-0.2, 0) is 6.42 Å². The predicted octanol–water partition coefficient (Wildman–Crippen LogP) is 3.32. The Balaban J connectivity index is 1.44. The molecule has 1 saturated heterocycles. The van der Waals surface area contributed by atoms with Crippen LogP contribution in [0.5, 0.6) is 0 Å². The molecule has 5 nitrogen and oxygen atoms in total. The van der Waals surface area contributed by atoms with Crippen LogP contribution in [0.15, 0.2) is 48.8 Å². The molecule has 3 rings (SSSR count). The van der Waals surface area contributed by atoms with Gasteiger partial charge in [0.2, 0.25) is 0 Å². The van der Waals surface area contributed by atoms with E-state index in [2.05, 4.69) is 17.2 Å². The summed E-state index contributed by atoms with van der Waals surface area (Å²) >= 11 is 0. The van der Waals surface area contributed by atoms with Crippen LogP contribution < -0.4 is 5.32 Å². The third-order valence-electron chi connectivity index (χ3n) is 5.14. The van der Waals surface area contributed by atoms with Crippen LogP contribution in [0.25, 0.3) is 0 Å². The van der Waals surface area contributed by atoms with E-state index >= 15 is 0 Å². The number of aromatic nitrogens is 1. The van der Waals surface area contributed by atoms with E-state index in [0.717, 1.165) is 38.8 Å². The van der Waals surface area contributed by atoms with E-state index in [1.165, 1.54) is 5.56 Å². The lowest BCUT2D eigenvalue weighted by Gasteiger charge is -2.32. The lowest BCUT2D eigenvalue weighted by Crippen LogP contribution is -2.41. The number of nitrogens with one attached hydrogen (secondary N) is 1. The Hall–Kier alpha value is -2.69. The summed E-state index contributed by atoms with van der Waals surface area (Å²) in [6, 6.07) is 11.4. The number of nitrogens with zero attached hydrogens (tertiary/aromatic N) is 2. The van der Waals surface area contributed by atoms with Gasteiger partial charge in [-0.15, -0.1) is 0 Å². The van der Waals surface area contributed by atoms with Crippen LogP contribution in [0, 0.1) is 5.92 Å². The Labute approximate surface area is 160 Å². The molecule has 1 aliphatic rings. The van der Waals surface area contributed by atoms with Gasteiger partial charge in [0.25, 0.3) is 11.8 Å². The number of hydrogen-bond acceptors (Lipinski definition) is 3. The second-order valence-corrected chi connectivity index (χ2v) is 7.13. The van der Waals surface area contributed by atoms with Crippen molar-refractivity contribution >= 4 is 11.8 Å². The normalized spacial score (nSPS) is 14.8. The quantitative estimate of drug-likeness (QED) is 0.854. The van der Waals surface area contributed by atoms with Crippen molar-refractivity contribution in [3.05, 3.63) is 65.5 Å². The monoisotopic (exact) mass is 365 g/mol. The number of pyridine rings is 1. The highest BCUT2D eigenvalue weighted by molar-refractivity contribution is 5.94. The van der Waals surface area contributed by atoms with Gasteiger partial charge in [0.1, 0.15) is 0 Å². The number of aryl methyl sites for hydroxylation is 1. The van der Waals surface area contributed by atoms with E-state index in [1.807, 2.05) is 29.2 Å². The number of rotatable bonds is 6. The SMILES string of the molecule is CCCc1ccc(C(=O)NCC2CCN(C(=O)c3ccncc3)CC2)cc1. The van der Waals surface area contributed by atoms with E-state index in [9.17, 15) is 9.59 Å². The zero-order chi connectivity index (χ0) is 19.1. The second kappa shape index (κ2) is 9.31. The first kappa shape index (κ1) is 19.1. The summed E-state index contributed by atoms with van der Waals surface area (Å²) in [4.78, 5) is 30.6. The first-order valence-electron chi connectivity index (χ1n) is 9.74. The summed E-state index contributed by atoms with van der Waals surface area (Å²) in [6.45, 7) is 4.27. The molecule has 0 aliphatic carbocycles. The number of likely N-dealkylation sites (tertiary alicyclic amines) is 1. The summed E-state index contributed by atoms with van der Waals surface area (Å²) in [6.07, 6.45) is 7.25. The number of amides is 2. The maximum absolute atomic E-state index is 12.5. The molecular weight excluding hydrogens is 338 g/mol. The fourth-order valence-corrected chi connectivity index (χ4v) is 3.47. The number of benzene rings is 1. The lowest BCUT2D eigenvalue weighted by atomic mass is 9.96. The first-order valence-corrected chi connectivity index (χ1v) is 9.74. The van der Waals surface area contributed by atoms with Gasteiger partial charge in [0.15, 0.2) is 0 Å². The van der Waals surface area contributed by atoms with Gasteiger partial charge < -0.3 is 10.2 Å². The molecule has 142 valence electrons. The topological polar surface area (TPSA) is 62.3 Å². The molecule has 1 fully saturated rings. The first-order chi connectivity index (χ1) is 13.2. The molecule has 1 aromatic carbocycles. The van der Waals surface area contributed by atoms with Crippen molar-refractivity contribution in [1.29, 1.82) is 0 Å². The van der Waals surface area contributed by atoms with E-state index in [1.54, 1.807) is 24.5 Å². The lowest BCUT2D eigenvalue weighted by molar-refractivity contribution is 0.0684. The summed E-state index contributed by atoms with van der Waals surface area (Å²) < 4.78 is 0. The van der Waals surface area contributed by atoms with E-state index < -0.39 is 0 Å². The predicted molar refractivity (Wildman–Crippen MR) is 106 cm³/mol. The Morgan fingerprint density at radius 1 is 1.04 bits per heavy atom. The fraction of sp³-hybridized carbons (Fsp3) is 0.409. The van der Waals surface area contributed by atoms with Crippen molar-refractivity contribution in [2.75, 3.05) is 19.6 Å². The van der Waals surface area contributed by atoms with Crippen LogP contribution in [0.2, 0.25) is 0 Å². The zero-order valence-electron chi connectivity index (χ0n) is 15.9. The van der Waals surface area contributed by atoms with Crippen molar-refractivity contribution in [2.24, 2.45) is 5.92 Å². The Morgan fingerprint density at radius 2 is 1.70 bits per heavy atom. The molecule has 2 amide bonds.